The molecule has 1 N–H and O–H groups in total. The van der Waals surface area contributed by atoms with E-state index in [-0.39, 0.29) is 23.7 Å². The van der Waals surface area contributed by atoms with E-state index < -0.39 is 12.0 Å². The van der Waals surface area contributed by atoms with E-state index in [2.05, 4.69) is 5.32 Å². The summed E-state index contributed by atoms with van der Waals surface area (Å²) in [5, 5.41) is 3.40. The average molecular weight is 412 g/mol. The molecule has 1 aliphatic rings. The average Bonchev–Trinajstić information content (AvgIpc) is 3.23. The topological polar surface area (TPSA) is 55.4 Å². The Balaban J connectivity index is 1.78. The number of hydrogen-bond donors (Lipinski definition) is 1. The van der Waals surface area contributed by atoms with Gasteiger partial charge < -0.3 is 4.74 Å². The number of methoxy groups -OCH3 is 1. The lowest BCUT2D eigenvalue weighted by atomic mass is 9.79. The first kappa shape index (κ1) is 20.8. The summed E-state index contributed by atoms with van der Waals surface area (Å²) < 4.78 is 5.09. The number of ketones is 1. The van der Waals surface area contributed by atoms with Crippen LogP contribution in [-0.2, 0) is 9.53 Å². The van der Waals surface area contributed by atoms with Gasteiger partial charge in [0.2, 0.25) is 0 Å². The summed E-state index contributed by atoms with van der Waals surface area (Å²) in [6, 6.07) is 28.0. The number of esters is 1. The number of carbonyl (C=O) groups is 2. The van der Waals surface area contributed by atoms with Crippen LogP contribution in [0.3, 0.4) is 0 Å². The van der Waals surface area contributed by atoms with Crippen LogP contribution in [0.4, 0.5) is 0 Å². The molecule has 1 fully saturated rings. The highest BCUT2D eigenvalue weighted by atomic mass is 16.5. The smallest absolute Gasteiger partial charge is 0.323 e. The first-order chi connectivity index (χ1) is 15.2. The van der Waals surface area contributed by atoms with E-state index in [1.165, 1.54) is 7.11 Å². The number of nitrogens with one attached hydrogen (secondary N) is 1. The predicted molar refractivity (Wildman–Crippen MR) is 121 cm³/mol. The Morgan fingerprint density at radius 1 is 0.839 bits per heavy atom. The summed E-state index contributed by atoms with van der Waals surface area (Å²) in [4.78, 5) is 26.4. The van der Waals surface area contributed by atoms with E-state index in [4.69, 9.17) is 4.74 Å². The van der Waals surface area contributed by atoms with Crippen LogP contribution >= 0.6 is 0 Å². The van der Waals surface area contributed by atoms with Gasteiger partial charge in [-0.15, -0.1) is 0 Å². The first-order valence-electron chi connectivity index (χ1n) is 10.4. The van der Waals surface area contributed by atoms with Crippen molar-refractivity contribution < 1.29 is 14.3 Å². The highest BCUT2D eigenvalue weighted by Gasteiger charge is 2.49. The third kappa shape index (κ3) is 4.49. The van der Waals surface area contributed by atoms with Gasteiger partial charge in [0.15, 0.2) is 5.78 Å². The predicted octanol–water partition coefficient (Wildman–Crippen LogP) is 4.70. The van der Waals surface area contributed by atoms with Crippen LogP contribution in [0.5, 0.6) is 0 Å². The molecule has 31 heavy (non-hydrogen) atoms. The Morgan fingerprint density at radius 3 is 2.03 bits per heavy atom. The third-order valence-electron chi connectivity index (χ3n) is 5.80. The fraction of sp³-hybridized carbons (Fsp3) is 0.185. The molecule has 0 radical (unpaired) electrons. The van der Waals surface area contributed by atoms with Crippen molar-refractivity contribution >= 4 is 17.8 Å². The molecule has 4 rings (SSSR count). The van der Waals surface area contributed by atoms with E-state index >= 15 is 0 Å². The first-order valence-corrected chi connectivity index (χ1v) is 10.4. The van der Waals surface area contributed by atoms with Gasteiger partial charge in [0.1, 0.15) is 6.04 Å². The monoisotopic (exact) mass is 411 g/mol. The number of benzene rings is 3. The van der Waals surface area contributed by atoms with Crippen LogP contribution in [-0.4, -0.2) is 24.9 Å². The van der Waals surface area contributed by atoms with Crippen molar-refractivity contribution in [2.75, 3.05) is 7.11 Å². The minimum atomic E-state index is -0.618. The molecule has 0 bridgehead atoms. The lowest BCUT2D eigenvalue weighted by molar-refractivity contribution is -0.143. The summed E-state index contributed by atoms with van der Waals surface area (Å²) in [6.45, 7) is 0. The van der Waals surface area contributed by atoms with Gasteiger partial charge in [-0.1, -0.05) is 103 Å². The molecule has 4 atom stereocenters. The summed E-state index contributed by atoms with van der Waals surface area (Å²) in [7, 11) is 1.38. The number of Topliss-reactive ketones (excluding diaryl/α,β-unsaturated/α-hetero) is 1. The number of hydrogen-bond acceptors (Lipinski definition) is 4. The highest BCUT2D eigenvalue weighted by molar-refractivity contribution is 6.00. The quantitative estimate of drug-likeness (QED) is 0.472. The molecule has 3 aromatic carbocycles. The van der Waals surface area contributed by atoms with Gasteiger partial charge >= 0.3 is 5.97 Å². The largest absolute Gasteiger partial charge is 0.468 e. The maximum Gasteiger partial charge on any atom is 0.323 e. The summed E-state index contributed by atoms with van der Waals surface area (Å²) in [6.07, 6.45) is 3.94. The van der Waals surface area contributed by atoms with Crippen LogP contribution in [0.15, 0.2) is 97.1 Å². The van der Waals surface area contributed by atoms with Crippen LogP contribution < -0.4 is 5.32 Å². The molecular weight excluding hydrogens is 386 g/mol. The summed E-state index contributed by atoms with van der Waals surface area (Å²) >= 11 is 0. The molecule has 1 aliphatic heterocycles. The number of ether oxygens (including phenoxy) is 1. The van der Waals surface area contributed by atoms with Crippen LogP contribution in [0.1, 0.15) is 27.5 Å². The van der Waals surface area contributed by atoms with Crippen LogP contribution in [0.25, 0.3) is 6.08 Å². The second kappa shape index (κ2) is 9.54. The molecule has 0 spiro atoms. The van der Waals surface area contributed by atoms with Crippen molar-refractivity contribution in [2.24, 2.45) is 11.8 Å². The fourth-order valence-electron chi connectivity index (χ4n) is 4.29. The molecule has 156 valence electrons. The maximum atomic E-state index is 13.7. The van der Waals surface area contributed by atoms with E-state index in [0.29, 0.717) is 5.56 Å². The van der Waals surface area contributed by atoms with Crippen molar-refractivity contribution in [3.8, 4) is 0 Å². The molecule has 0 amide bonds. The van der Waals surface area contributed by atoms with Crippen molar-refractivity contribution in [1.82, 2.24) is 5.32 Å². The van der Waals surface area contributed by atoms with Gasteiger partial charge in [0.05, 0.1) is 13.0 Å². The van der Waals surface area contributed by atoms with Crippen molar-refractivity contribution in [1.29, 1.82) is 0 Å². The van der Waals surface area contributed by atoms with Gasteiger partial charge in [-0.3, -0.25) is 14.9 Å². The Bertz CT molecular complexity index is 1050. The zero-order valence-electron chi connectivity index (χ0n) is 17.3. The second-order valence-corrected chi connectivity index (χ2v) is 7.66. The lowest BCUT2D eigenvalue weighted by Gasteiger charge is -2.22. The van der Waals surface area contributed by atoms with Gasteiger partial charge in [0, 0.05) is 17.5 Å². The Labute approximate surface area is 182 Å². The zero-order valence-corrected chi connectivity index (χ0v) is 17.3. The maximum absolute atomic E-state index is 13.7. The molecule has 4 nitrogen and oxygen atoms in total. The van der Waals surface area contributed by atoms with Crippen LogP contribution in [0.2, 0.25) is 0 Å². The van der Waals surface area contributed by atoms with E-state index in [9.17, 15) is 9.59 Å². The minimum absolute atomic E-state index is 0.0102. The SMILES string of the molecule is COC(=O)[C@H]1N[C@@H](c2ccccc2)[C@H](C(=O)c2ccccc2)[C@H]1/C=C/c1ccccc1. The molecule has 1 heterocycles. The Hall–Kier alpha value is -3.50. The molecular formula is C27H25NO3. The molecule has 0 saturated carbocycles. The van der Waals surface area contributed by atoms with Crippen LogP contribution in [0, 0.1) is 11.8 Å². The summed E-state index contributed by atoms with van der Waals surface area (Å²) in [5.74, 6) is -1.16. The lowest BCUT2D eigenvalue weighted by Crippen LogP contribution is -2.37. The molecule has 0 unspecified atom stereocenters. The standard InChI is InChI=1S/C27H25NO3/c1-31-27(30)25-22(18-17-19-11-5-2-6-12-19)23(26(29)21-15-9-4-10-16-21)24(28-25)20-13-7-3-8-14-20/h2-18,22-25,28H,1H3/b18-17+/t22-,23-,24+,25+/m1/s1. The van der Waals surface area contributed by atoms with Crippen molar-refractivity contribution in [3.63, 3.8) is 0 Å². The second-order valence-electron chi connectivity index (χ2n) is 7.66. The summed E-state index contributed by atoms with van der Waals surface area (Å²) in [5.41, 5.74) is 2.63. The number of carbonyl (C=O) groups excluding carboxylic acids is 2. The normalized spacial score (nSPS) is 23.0. The van der Waals surface area contributed by atoms with Gasteiger partial charge in [-0.25, -0.2) is 0 Å². The third-order valence-corrected chi connectivity index (χ3v) is 5.80. The van der Waals surface area contributed by atoms with E-state index in [1.807, 2.05) is 103 Å². The Morgan fingerprint density at radius 2 is 1.42 bits per heavy atom. The van der Waals surface area contributed by atoms with E-state index in [1.54, 1.807) is 0 Å². The van der Waals surface area contributed by atoms with Crippen molar-refractivity contribution in [3.05, 3.63) is 114 Å². The van der Waals surface area contributed by atoms with Gasteiger partial charge in [0.25, 0.3) is 0 Å². The van der Waals surface area contributed by atoms with Gasteiger partial charge in [-0.2, -0.15) is 0 Å². The number of rotatable bonds is 6. The molecule has 4 heteroatoms. The van der Waals surface area contributed by atoms with Gasteiger partial charge in [-0.05, 0) is 11.1 Å². The molecule has 0 aliphatic carbocycles. The molecule has 3 aromatic rings. The zero-order chi connectivity index (χ0) is 21.6. The highest BCUT2D eigenvalue weighted by Crippen LogP contribution is 2.41. The molecule has 1 saturated heterocycles. The minimum Gasteiger partial charge on any atom is -0.468 e. The Kier molecular flexibility index (Phi) is 6.39. The van der Waals surface area contributed by atoms with E-state index in [0.717, 1.165) is 11.1 Å². The fourth-order valence-corrected chi connectivity index (χ4v) is 4.29. The molecule has 0 aromatic heterocycles. The van der Waals surface area contributed by atoms with Crippen molar-refractivity contribution in [2.45, 2.75) is 12.1 Å².